The topological polar surface area (TPSA) is 52.6 Å². The second-order valence-corrected chi connectivity index (χ2v) is 5.19. The van der Waals surface area contributed by atoms with E-state index >= 15 is 0 Å². The molecule has 2 aromatic carbocycles. The van der Waals surface area contributed by atoms with Crippen molar-refractivity contribution < 1.29 is 19.1 Å². The molecule has 0 amide bonds. The summed E-state index contributed by atoms with van der Waals surface area (Å²) in [5, 5.41) is 0. The van der Waals surface area contributed by atoms with Gasteiger partial charge in [-0.05, 0) is 24.6 Å². The van der Waals surface area contributed by atoms with Gasteiger partial charge in [0.15, 0.2) is 5.78 Å². The predicted octanol–water partition coefficient (Wildman–Crippen LogP) is 3.96. The van der Waals surface area contributed by atoms with Crippen LogP contribution in [0.3, 0.4) is 0 Å². The summed E-state index contributed by atoms with van der Waals surface area (Å²) >= 11 is 0. The molecule has 120 valence electrons. The van der Waals surface area contributed by atoms with E-state index in [9.17, 15) is 9.59 Å². The van der Waals surface area contributed by atoms with Gasteiger partial charge in [-0.15, -0.1) is 0 Å². The van der Waals surface area contributed by atoms with Crippen LogP contribution < -0.4 is 4.74 Å². The highest BCUT2D eigenvalue weighted by Crippen LogP contribution is 2.21. The van der Waals surface area contributed by atoms with Gasteiger partial charge >= 0.3 is 5.97 Å². The fourth-order valence-electron chi connectivity index (χ4n) is 2.18. The van der Waals surface area contributed by atoms with Crippen molar-refractivity contribution >= 4 is 11.8 Å². The number of ketones is 1. The molecular formula is C19H20O4. The van der Waals surface area contributed by atoms with Crippen molar-refractivity contribution in [3.05, 3.63) is 65.7 Å². The molecule has 0 aliphatic carbocycles. The number of benzene rings is 2. The van der Waals surface area contributed by atoms with Crippen LogP contribution in [0.4, 0.5) is 0 Å². The van der Waals surface area contributed by atoms with Crippen molar-refractivity contribution in [2.75, 3.05) is 7.11 Å². The van der Waals surface area contributed by atoms with E-state index in [1.165, 1.54) is 0 Å². The molecule has 0 aromatic heterocycles. The van der Waals surface area contributed by atoms with Crippen LogP contribution in [0.2, 0.25) is 0 Å². The first-order chi connectivity index (χ1) is 11.1. The van der Waals surface area contributed by atoms with Crippen LogP contribution in [0.5, 0.6) is 5.75 Å². The third-order valence-corrected chi connectivity index (χ3v) is 3.55. The minimum atomic E-state index is -0.377. The number of carbonyl (C=O) groups is 2. The van der Waals surface area contributed by atoms with Crippen LogP contribution in [0, 0.1) is 0 Å². The van der Waals surface area contributed by atoms with Crippen molar-refractivity contribution in [1.82, 2.24) is 0 Å². The Balaban J connectivity index is 1.83. The molecule has 4 heteroatoms. The van der Waals surface area contributed by atoms with E-state index in [-0.39, 0.29) is 30.7 Å². The summed E-state index contributed by atoms with van der Waals surface area (Å²) in [5.41, 5.74) is 1.50. The molecule has 23 heavy (non-hydrogen) atoms. The Morgan fingerprint density at radius 1 is 0.957 bits per heavy atom. The number of rotatable bonds is 7. The lowest BCUT2D eigenvalue weighted by Gasteiger charge is -2.14. The molecule has 0 radical (unpaired) electrons. The summed E-state index contributed by atoms with van der Waals surface area (Å²) in [4.78, 5) is 23.8. The van der Waals surface area contributed by atoms with Gasteiger partial charge in [0.05, 0.1) is 13.5 Å². The van der Waals surface area contributed by atoms with Gasteiger partial charge in [0, 0.05) is 12.0 Å². The van der Waals surface area contributed by atoms with Crippen LogP contribution in [0.1, 0.15) is 41.8 Å². The van der Waals surface area contributed by atoms with Crippen LogP contribution in [0.15, 0.2) is 54.6 Å². The van der Waals surface area contributed by atoms with Crippen molar-refractivity contribution in [3.8, 4) is 5.75 Å². The molecule has 0 N–H and O–H groups in total. The Hall–Kier alpha value is -2.62. The van der Waals surface area contributed by atoms with E-state index in [0.29, 0.717) is 5.56 Å². The third-order valence-electron chi connectivity index (χ3n) is 3.55. The lowest BCUT2D eigenvalue weighted by Crippen LogP contribution is -2.11. The molecule has 4 nitrogen and oxygen atoms in total. The van der Waals surface area contributed by atoms with Gasteiger partial charge in [-0.2, -0.15) is 0 Å². The molecule has 1 unspecified atom stereocenters. The zero-order valence-corrected chi connectivity index (χ0v) is 13.3. The number of hydrogen-bond donors (Lipinski definition) is 0. The normalized spacial score (nSPS) is 11.6. The molecule has 0 bridgehead atoms. The highest BCUT2D eigenvalue weighted by molar-refractivity contribution is 5.97. The van der Waals surface area contributed by atoms with Gasteiger partial charge in [-0.1, -0.05) is 42.5 Å². The highest BCUT2D eigenvalue weighted by Gasteiger charge is 2.14. The highest BCUT2D eigenvalue weighted by atomic mass is 16.5. The summed E-state index contributed by atoms with van der Waals surface area (Å²) in [5.74, 6) is 0.318. The number of esters is 1. The van der Waals surface area contributed by atoms with E-state index in [0.717, 1.165) is 11.3 Å². The van der Waals surface area contributed by atoms with Crippen LogP contribution in [-0.2, 0) is 9.53 Å². The van der Waals surface area contributed by atoms with Gasteiger partial charge in [0.1, 0.15) is 11.9 Å². The maximum Gasteiger partial charge on any atom is 0.306 e. The molecule has 0 spiro atoms. The zero-order chi connectivity index (χ0) is 16.7. The minimum Gasteiger partial charge on any atom is -0.497 e. The number of methoxy groups -OCH3 is 1. The van der Waals surface area contributed by atoms with Gasteiger partial charge in [0.2, 0.25) is 0 Å². The molecule has 0 aliphatic heterocycles. The molecule has 0 heterocycles. The lowest BCUT2D eigenvalue weighted by molar-refractivity contribution is -0.148. The smallest absolute Gasteiger partial charge is 0.306 e. The Bertz CT molecular complexity index is 647. The molecule has 0 saturated carbocycles. The third kappa shape index (κ3) is 4.95. The molecular weight excluding hydrogens is 292 g/mol. The molecule has 0 saturated heterocycles. The molecule has 0 aliphatic rings. The van der Waals surface area contributed by atoms with Gasteiger partial charge < -0.3 is 9.47 Å². The maximum absolute atomic E-state index is 12.0. The van der Waals surface area contributed by atoms with Crippen molar-refractivity contribution in [2.24, 2.45) is 0 Å². The average Bonchev–Trinajstić information content (AvgIpc) is 2.60. The zero-order valence-electron chi connectivity index (χ0n) is 13.3. The summed E-state index contributed by atoms with van der Waals surface area (Å²) in [6.07, 6.45) is -0.132. The second-order valence-electron chi connectivity index (χ2n) is 5.19. The van der Waals surface area contributed by atoms with E-state index in [4.69, 9.17) is 9.47 Å². The number of carbonyl (C=O) groups excluding carboxylic acids is 2. The molecule has 0 fully saturated rings. The average molecular weight is 312 g/mol. The van der Waals surface area contributed by atoms with Crippen LogP contribution >= 0.6 is 0 Å². The summed E-state index contributed by atoms with van der Waals surface area (Å²) in [6.45, 7) is 1.80. The number of Topliss-reactive ketones (excluding diaryl/α,β-unsaturated/α-hetero) is 1. The van der Waals surface area contributed by atoms with E-state index in [2.05, 4.69) is 0 Å². The Morgan fingerprint density at radius 3 is 2.22 bits per heavy atom. The van der Waals surface area contributed by atoms with E-state index in [1.54, 1.807) is 38.3 Å². The Labute approximate surface area is 136 Å². The summed E-state index contributed by atoms with van der Waals surface area (Å²) < 4.78 is 10.5. The van der Waals surface area contributed by atoms with Crippen LogP contribution in [0.25, 0.3) is 0 Å². The summed E-state index contributed by atoms with van der Waals surface area (Å²) in [7, 11) is 1.60. The lowest BCUT2D eigenvalue weighted by atomic mass is 10.1. The second kappa shape index (κ2) is 8.13. The number of ether oxygens (including phenoxy) is 2. The van der Waals surface area contributed by atoms with Gasteiger partial charge in [0.25, 0.3) is 0 Å². The van der Waals surface area contributed by atoms with E-state index < -0.39 is 0 Å². The quantitative estimate of drug-likeness (QED) is 0.573. The van der Waals surface area contributed by atoms with Gasteiger partial charge in [-0.25, -0.2) is 0 Å². The largest absolute Gasteiger partial charge is 0.497 e. The Morgan fingerprint density at radius 2 is 1.61 bits per heavy atom. The maximum atomic E-state index is 12.0. The molecule has 2 rings (SSSR count). The first-order valence-corrected chi connectivity index (χ1v) is 7.52. The van der Waals surface area contributed by atoms with Crippen LogP contribution in [-0.4, -0.2) is 18.9 Å². The first-order valence-electron chi connectivity index (χ1n) is 7.52. The number of hydrogen-bond acceptors (Lipinski definition) is 4. The fraction of sp³-hybridized carbons (Fsp3) is 0.263. The fourth-order valence-corrected chi connectivity index (χ4v) is 2.18. The predicted molar refractivity (Wildman–Crippen MR) is 87.5 cm³/mol. The van der Waals surface area contributed by atoms with Crippen molar-refractivity contribution in [3.63, 3.8) is 0 Å². The standard InChI is InChI=1S/C19H20O4/c1-14(15-8-10-17(22-2)11-9-15)23-19(21)13-12-18(20)16-6-4-3-5-7-16/h3-11,14H,12-13H2,1-2H3. The minimum absolute atomic E-state index is 0.0559. The Kier molecular flexibility index (Phi) is 5.92. The SMILES string of the molecule is COc1ccc(C(C)OC(=O)CCC(=O)c2ccccc2)cc1. The molecule has 1 atom stereocenters. The molecule has 2 aromatic rings. The van der Waals surface area contributed by atoms with E-state index in [1.807, 2.05) is 30.3 Å². The summed E-state index contributed by atoms with van der Waals surface area (Å²) in [6, 6.07) is 16.3. The van der Waals surface area contributed by atoms with Gasteiger partial charge in [-0.3, -0.25) is 9.59 Å². The monoisotopic (exact) mass is 312 g/mol. The van der Waals surface area contributed by atoms with Crippen molar-refractivity contribution in [2.45, 2.75) is 25.9 Å². The first kappa shape index (κ1) is 16.7. The van der Waals surface area contributed by atoms with Crippen molar-refractivity contribution in [1.29, 1.82) is 0 Å².